The van der Waals surface area contributed by atoms with E-state index in [0.29, 0.717) is 10.6 Å². The van der Waals surface area contributed by atoms with Gasteiger partial charge in [0.05, 0.1) is 15.6 Å². The lowest BCUT2D eigenvalue weighted by Crippen LogP contribution is -2.36. The number of rotatable bonds is 5. The van der Waals surface area contributed by atoms with E-state index in [9.17, 15) is 8.42 Å². The lowest BCUT2D eigenvalue weighted by Gasteiger charge is -2.24. The molecule has 0 aromatic heterocycles. The maximum Gasteiger partial charge on any atom is 0.243 e. The van der Waals surface area contributed by atoms with E-state index in [1.54, 1.807) is 31.8 Å². The van der Waals surface area contributed by atoms with Crippen LogP contribution >= 0.6 is 23.4 Å². The maximum absolute atomic E-state index is 12.5. The van der Waals surface area contributed by atoms with Crippen molar-refractivity contribution in [2.45, 2.75) is 24.8 Å². The Morgan fingerprint density at radius 2 is 2.05 bits per heavy atom. The fourth-order valence-electron chi connectivity index (χ4n) is 1.66. The Labute approximate surface area is 124 Å². The molecule has 1 unspecified atom stereocenters. The number of thioether (sulfide) groups is 1. The lowest BCUT2D eigenvalue weighted by atomic mass is 10.2. The zero-order valence-corrected chi connectivity index (χ0v) is 13.9. The van der Waals surface area contributed by atoms with Gasteiger partial charge in [-0.1, -0.05) is 11.6 Å². The normalized spacial score (nSPS) is 13.8. The fourth-order valence-corrected chi connectivity index (χ4v) is 4.05. The van der Waals surface area contributed by atoms with Crippen molar-refractivity contribution in [1.82, 2.24) is 4.31 Å². The van der Waals surface area contributed by atoms with Gasteiger partial charge in [0.1, 0.15) is 0 Å². The molecule has 0 fully saturated rings. The molecule has 0 bridgehead atoms. The minimum Gasteiger partial charge on any atom is -0.397 e. The Bertz CT molecular complexity index is 538. The van der Waals surface area contributed by atoms with Crippen molar-refractivity contribution in [2.75, 3.05) is 24.8 Å². The van der Waals surface area contributed by atoms with E-state index >= 15 is 0 Å². The van der Waals surface area contributed by atoms with Gasteiger partial charge >= 0.3 is 0 Å². The van der Waals surface area contributed by atoms with E-state index in [4.69, 9.17) is 17.3 Å². The zero-order chi connectivity index (χ0) is 14.8. The molecule has 1 atom stereocenters. The molecule has 2 N–H and O–H groups in total. The molecule has 0 heterocycles. The first-order valence-electron chi connectivity index (χ1n) is 5.74. The molecule has 0 aliphatic rings. The molecule has 0 aliphatic carbocycles. The number of nitrogens with zero attached hydrogens (tertiary/aromatic N) is 1. The van der Waals surface area contributed by atoms with Gasteiger partial charge in [-0.15, -0.1) is 0 Å². The second-order valence-electron chi connectivity index (χ2n) is 4.47. The molecule has 0 saturated heterocycles. The van der Waals surface area contributed by atoms with Crippen molar-refractivity contribution < 1.29 is 8.42 Å². The van der Waals surface area contributed by atoms with E-state index in [0.717, 1.165) is 5.75 Å². The van der Waals surface area contributed by atoms with Crippen molar-refractivity contribution >= 4 is 39.1 Å². The highest BCUT2D eigenvalue weighted by molar-refractivity contribution is 7.98. The minimum absolute atomic E-state index is 0.0859. The number of nitrogen functional groups attached to an aromatic ring is 1. The summed E-state index contributed by atoms with van der Waals surface area (Å²) in [5.41, 5.74) is 6.68. The first-order chi connectivity index (χ1) is 8.71. The second-order valence-corrected chi connectivity index (χ2v) is 7.76. The molecule has 0 radical (unpaired) electrons. The molecule has 1 aromatic carbocycles. The third kappa shape index (κ3) is 3.56. The predicted molar refractivity (Wildman–Crippen MR) is 83.4 cm³/mol. The van der Waals surface area contributed by atoms with Crippen LogP contribution in [-0.2, 0) is 10.0 Å². The zero-order valence-electron chi connectivity index (χ0n) is 11.5. The molecule has 19 heavy (non-hydrogen) atoms. The number of hydrogen-bond acceptors (Lipinski definition) is 4. The molecular weight excluding hydrogens is 304 g/mol. The molecule has 0 aliphatic heterocycles. The summed E-state index contributed by atoms with van der Waals surface area (Å²) in [6.07, 6.45) is 1.95. The van der Waals surface area contributed by atoms with Gasteiger partial charge in [0, 0.05) is 18.8 Å². The van der Waals surface area contributed by atoms with Crippen molar-refractivity contribution in [3.8, 4) is 0 Å². The van der Waals surface area contributed by atoms with Crippen LogP contribution in [0.4, 0.5) is 5.69 Å². The topological polar surface area (TPSA) is 63.4 Å². The molecule has 1 rings (SSSR count). The van der Waals surface area contributed by atoms with Gasteiger partial charge in [-0.2, -0.15) is 16.1 Å². The maximum atomic E-state index is 12.5. The van der Waals surface area contributed by atoms with E-state index in [-0.39, 0.29) is 16.6 Å². The fraction of sp³-hybridized carbons (Fsp3) is 0.500. The Morgan fingerprint density at radius 1 is 1.47 bits per heavy atom. The van der Waals surface area contributed by atoms with E-state index in [2.05, 4.69) is 0 Å². The van der Waals surface area contributed by atoms with Gasteiger partial charge in [0.25, 0.3) is 0 Å². The van der Waals surface area contributed by atoms with Gasteiger partial charge in [0.15, 0.2) is 0 Å². The van der Waals surface area contributed by atoms with Crippen LogP contribution in [0.25, 0.3) is 0 Å². The highest BCUT2D eigenvalue weighted by Gasteiger charge is 2.26. The van der Waals surface area contributed by atoms with Crippen LogP contribution in [0.15, 0.2) is 17.0 Å². The first-order valence-corrected chi connectivity index (χ1v) is 8.95. The predicted octanol–water partition coefficient (Wildman–Crippen LogP) is 2.60. The highest BCUT2D eigenvalue weighted by atomic mass is 35.5. The average molecular weight is 323 g/mol. The minimum atomic E-state index is -3.54. The number of halogens is 1. The van der Waals surface area contributed by atoms with Gasteiger partial charge in [0.2, 0.25) is 10.0 Å². The number of sulfonamides is 1. The Morgan fingerprint density at radius 3 is 2.53 bits per heavy atom. The number of anilines is 1. The van der Waals surface area contributed by atoms with Gasteiger partial charge in [-0.25, -0.2) is 8.42 Å². The molecule has 108 valence electrons. The summed E-state index contributed by atoms with van der Waals surface area (Å²) >= 11 is 7.56. The average Bonchev–Trinajstić information content (AvgIpc) is 2.34. The second kappa shape index (κ2) is 6.35. The number of hydrogen-bond donors (Lipinski definition) is 1. The SMILES string of the molecule is CSCC(C)N(C)S(=O)(=O)c1cc(C)c(Cl)c(N)c1. The van der Waals surface area contributed by atoms with E-state index in [1.807, 2.05) is 13.2 Å². The summed E-state index contributed by atoms with van der Waals surface area (Å²) in [5.74, 6) is 0.734. The Kier molecular flexibility index (Phi) is 5.55. The van der Waals surface area contributed by atoms with Gasteiger partial charge in [-0.3, -0.25) is 0 Å². The van der Waals surface area contributed by atoms with Crippen LogP contribution < -0.4 is 5.73 Å². The van der Waals surface area contributed by atoms with E-state index < -0.39 is 10.0 Å². The first kappa shape index (κ1) is 16.6. The monoisotopic (exact) mass is 322 g/mol. The van der Waals surface area contributed by atoms with Gasteiger partial charge < -0.3 is 5.73 Å². The summed E-state index contributed by atoms with van der Waals surface area (Å²) in [7, 11) is -1.96. The molecular formula is C12H19ClN2O2S2. The van der Waals surface area contributed by atoms with Crippen molar-refractivity contribution in [2.24, 2.45) is 0 Å². The summed E-state index contributed by atoms with van der Waals surface area (Å²) in [6, 6.07) is 2.88. The molecule has 0 spiro atoms. The number of nitrogens with two attached hydrogens (primary N) is 1. The summed E-state index contributed by atoms with van der Waals surface area (Å²) in [5, 5.41) is 0.402. The standard InChI is InChI=1S/C12H19ClN2O2S2/c1-8-5-10(6-11(14)12(8)13)19(16,17)15(3)9(2)7-18-4/h5-6,9H,7,14H2,1-4H3. The number of benzene rings is 1. The van der Waals surface area contributed by atoms with Crippen LogP contribution in [0.3, 0.4) is 0 Å². The third-order valence-corrected chi connectivity index (χ3v) is 6.24. The summed E-state index contributed by atoms with van der Waals surface area (Å²) in [4.78, 5) is 0.183. The summed E-state index contributed by atoms with van der Waals surface area (Å²) in [6.45, 7) is 3.61. The Hall–Kier alpha value is -0.430. The molecule has 1 aromatic rings. The summed E-state index contributed by atoms with van der Waals surface area (Å²) < 4.78 is 26.3. The quantitative estimate of drug-likeness (QED) is 0.846. The van der Waals surface area contributed by atoms with Crippen LogP contribution in [0, 0.1) is 6.92 Å². The van der Waals surface area contributed by atoms with Gasteiger partial charge in [-0.05, 0) is 37.8 Å². The third-order valence-electron chi connectivity index (χ3n) is 2.96. The molecule has 4 nitrogen and oxygen atoms in total. The number of aryl methyl sites for hydroxylation is 1. The molecule has 0 amide bonds. The van der Waals surface area contributed by atoms with Crippen molar-refractivity contribution in [1.29, 1.82) is 0 Å². The smallest absolute Gasteiger partial charge is 0.243 e. The van der Waals surface area contributed by atoms with Crippen LogP contribution in [0.1, 0.15) is 12.5 Å². The lowest BCUT2D eigenvalue weighted by molar-refractivity contribution is 0.415. The van der Waals surface area contributed by atoms with Crippen LogP contribution in [-0.4, -0.2) is 37.8 Å². The highest BCUT2D eigenvalue weighted by Crippen LogP contribution is 2.28. The largest absolute Gasteiger partial charge is 0.397 e. The Balaban J connectivity index is 3.21. The van der Waals surface area contributed by atoms with Crippen molar-refractivity contribution in [3.63, 3.8) is 0 Å². The molecule has 0 saturated carbocycles. The van der Waals surface area contributed by atoms with Crippen LogP contribution in [0.5, 0.6) is 0 Å². The van der Waals surface area contributed by atoms with Crippen LogP contribution in [0.2, 0.25) is 5.02 Å². The molecule has 7 heteroatoms. The van der Waals surface area contributed by atoms with Crippen molar-refractivity contribution in [3.05, 3.63) is 22.7 Å². The van der Waals surface area contributed by atoms with E-state index in [1.165, 1.54) is 10.4 Å².